The molecule has 0 amide bonds. The Labute approximate surface area is 87.0 Å². The van der Waals surface area contributed by atoms with Gasteiger partial charge >= 0.3 is 0 Å². The summed E-state index contributed by atoms with van der Waals surface area (Å²) in [7, 11) is 0. The minimum atomic E-state index is -0.965. The van der Waals surface area contributed by atoms with Crippen LogP contribution in [0.15, 0.2) is 23.2 Å². The Morgan fingerprint density at radius 2 is 2.36 bits per heavy atom. The van der Waals surface area contributed by atoms with E-state index in [1.807, 2.05) is 6.07 Å². The van der Waals surface area contributed by atoms with E-state index in [1.165, 1.54) is 6.20 Å². The topological polar surface area (TPSA) is 59.7 Å². The second-order valence-electron chi connectivity index (χ2n) is 2.89. The summed E-state index contributed by atoms with van der Waals surface area (Å²) in [6.07, 6.45) is 3.51. The standard InChI is InChI=1S/C10H12N2OS/c1-2-3-6-14(13)10-5-4-9(7-11)12-8-10/h4-5,8H,2-3,6H2,1H3. The number of unbranched alkanes of at least 4 members (excludes halogenated alkanes) is 1. The van der Waals surface area contributed by atoms with Gasteiger partial charge in [0, 0.05) is 0 Å². The summed E-state index contributed by atoms with van der Waals surface area (Å²) in [4.78, 5) is 4.58. The SMILES string of the molecule is CCCC[S+]([O-])c1ccc(C#N)nc1. The van der Waals surface area contributed by atoms with Crippen molar-refractivity contribution in [1.29, 1.82) is 5.26 Å². The largest absolute Gasteiger partial charge is 0.611 e. The minimum absolute atomic E-state index is 0.362. The van der Waals surface area contributed by atoms with E-state index in [1.54, 1.807) is 12.1 Å². The van der Waals surface area contributed by atoms with Crippen molar-refractivity contribution < 1.29 is 4.55 Å². The summed E-state index contributed by atoms with van der Waals surface area (Å²) in [5, 5.41) is 8.52. The molecule has 14 heavy (non-hydrogen) atoms. The molecule has 0 bridgehead atoms. The van der Waals surface area contributed by atoms with Crippen LogP contribution in [0.1, 0.15) is 25.5 Å². The molecule has 1 aromatic heterocycles. The molecule has 0 aliphatic rings. The van der Waals surface area contributed by atoms with Crippen molar-refractivity contribution >= 4 is 11.2 Å². The van der Waals surface area contributed by atoms with Gasteiger partial charge in [-0.3, -0.25) is 0 Å². The molecule has 1 heterocycles. The predicted molar refractivity (Wildman–Crippen MR) is 55.1 cm³/mol. The average molecular weight is 208 g/mol. The molecule has 0 aliphatic carbocycles. The van der Waals surface area contributed by atoms with Crippen LogP contribution in [-0.4, -0.2) is 15.3 Å². The zero-order valence-electron chi connectivity index (χ0n) is 8.06. The van der Waals surface area contributed by atoms with Crippen molar-refractivity contribution in [3.63, 3.8) is 0 Å². The number of aromatic nitrogens is 1. The van der Waals surface area contributed by atoms with Crippen LogP contribution in [0.5, 0.6) is 0 Å². The summed E-state index contributed by atoms with van der Waals surface area (Å²) >= 11 is -0.965. The van der Waals surface area contributed by atoms with Crippen molar-refractivity contribution in [3.8, 4) is 6.07 Å². The van der Waals surface area contributed by atoms with Crippen LogP contribution >= 0.6 is 0 Å². The van der Waals surface area contributed by atoms with Crippen LogP contribution in [0.4, 0.5) is 0 Å². The highest BCUT2D eigenvalue weighted by atomic mass is 32.2. The van der Waals surface area contributed by atoms with Crippen LogP contribution in [0, 0.1) is 11.3 Å². The number of nitrogens with zero attached hydrogens (tertiary/aromatic N) is 2. The van der Waals surface area contributed by atoms with E-state index in [-0.39, 0.29) is 0 Å². The minimum Gasteiger partial charge on any atom is -0.611 e. The summed E-state index contributed by atoms with van der Waals surface area (Å²) in [6, 6.07) is 5.23. The molecular weight excluding hydrogens is 196 g/mol. The monoisotopic (exact) mass is 208 g/mol. The van der Waals surface area contributed by atoms with E-state index in [4.69, 9.17) is 5.26 Å². The van der Waals surface area contributed by atoms with E-state index < -0.39 is 11.2 Å². The van der Waals surface area contributed by atoms with Crippen molar-refractivity contribution in [3.05, 3.63) is 24.0 Å². The van der Waals surface area contributed by atoms with Gasteiger partial charge in [-0.05, 0) is 29.7 Å². The van der Waals surface area contributed by atoms with Crippen LogP contribution in [-0.2, 0) is 11.2 Å². The first kappa shape index (κ1) is 11.0. The van der Waals surface area contributed by atoms with Crippen LogP contribution in [0.2, 0.25) is 0 Å². The van der Waals surface area contributed by atoms with E-state index in [0.717, 1.165) is 12.8 Å². The lowest BCUT2D eigenvalue weighted by molar-refractivity contribution is 0.591. The molecular formula is C10H12N2OS. The summed E-state index contributed by atoms with van der Waals surface area (Å²) < 4.78 is 11.6. The fraction of sp³-hybridized carbons (Fsp3) is 0.400. The molecule has 1 atom stereocenters. The zero-order valence-corrected chi connectivity index (χ0v) is 8.88. The number of rotatable bonds is 4. The first-order valence-corrected chi connectivity index (χ1v) is 5.84. The number of hydrogen-bond donors (Lipinski definition) is 0. The second kappa shape index (κ2) is 5.63. The molecule has 74 valence electrons. The molecule has 1 aromatic rings. The Balaban J connectivity index is 2.63. The lowest BCUT2D eigenvalue weighted by Gasteiger charge is -2.08. The molecule has 3 nitrogen and oxygen atoms in total. The maximum Gasteiger partial charge on any atom is 0.171 e. The highest BCUT2D eigenvalue weighted by Gasteiger charge is 2.09. The molecule has 0 saturated carbocycles. The van der Waals surface area contributed by atoms with Crippen molar-refractivity contribution in [1.82, 2.24) is 4.98 Å². The number of hydrogen-bond acceptors (Lipinski definition) is 3. The van der Waals surface area contributed by atoms with E-state index >= 15 is 0 Å². The van der Waals surface area contributed by atoms with E-state index in [0.29, 0.717) is 16.3 Å². The molecule has 0 radical (unpaired) electrons. The lowest BCUT2D eigenvalue weighted by atomic mass is 10.4. The highest BCUT2D eigenvalue weighted by Crippen LogP contribution is 2.11. The molecule has 0 fully saturated rings. The molecule has 0 aliphatic heterocycles. The third kappa shape index (κ3) is 3.02. The number of pyridine rings is 1. The fourth-order valence-electron chi connectivity index (χ4n) is 0.974. The smallest absolute Gasteiger partial charge is 0.171 e. The molecule has 0 aromatic carbocycles. The van der Waals surface area contributed by atoms with E-state index in [2.05, 4.69) is 11.9 Å². The third-order valence-corrected chi connectivity index (χ3v) is 3.22. The third-order valence-electron chi connectivity index (χ3n) is 1.80. The van der Waals surface area contributed by atoms with Gasteiger partial charge in [0.1, 0.15) is 17.5 Å². The molecule has 0 saturated heterocycles. The van der Waals surface area contributed by atoms with Gasteiger partial charge in [-0.2, -0.15) is 5.26 Å². The van der Waals surface area contributed by atoms with Crippen molar-refractivity contribution in [2.45, 2.75) is 24.7 Å². The Morgan fingerprint density at radius 3 is 2.86 bits per heavy atom. The highest BCUT2D eigenvalue weighted by molar-refractivity contribution is 7.91. The van der Waals surface area contributed by atoms with E-state index in [9.17, 15) is 4.55 Å². The molecule has 1 rings (SSSR count). The maximum atomic E-state index is 11.6. The van der Waals surface area contributed by atoms with Gasteiger partial charge in [0.25, 0.3) is 0 Å². The Hall–Kier alpha value is -1.05. The summed E-state index contributed by atoms with van der Waals surface area (Å²) in [6.45, 7) is 2.06. The van der Waals surface area contributed by atoms with Gasteiger partial charge in [-0.25, -0.2) is 4.98 Å². The van der Waals surface area contributed by atoms with Gasteiger partial charge in [0.05, 0.1) is 6.20 Å². The molecule has 4 heteroatoms. The predicted octanol–water partition coefficient (Wildman–Crippen LogP) is 1.86. The van der Waals surface area contributed by atoms with Gasteiger partial charge < -0.3 is 4.55 Å². The van der Waals surface area contributed by atoms with Crippen LogP contribution in [0.3, 0.4) is 0 Å². The van der Waals surface area contributed by atoms with Crippen molar-refractivity contribution in [2.24, 2.45) is 0 Å². The quantitative estimate of drug-likeness (QED) is 0.709. The van der Waals surface area contributed by atoms with Gasteiger partial charge in [-0.15, -0.1) is 0 Å². The fourth-order valence-corrected chi connectivity index (χ4v) is 2.15. The van der Waals surface area contributed by atoms with Gasteiger partial charge in [0.2, 0.25) is 0 Å². The van der Waals surface area contributed by atoms with Crippen molar-refractivity contribution in [2.75, 3.05) is 5.75 Å². The van der Waals surface area contributed by atoms with Gasteiger partial charge in [0.15, 0.2) is 4.90 Å². The molecule has 1 unspecified atom stereocenters. The molecule has 0 N–H and O–H groups in total. The summed E-state index contributed by atoms with van der Waals surface area (Å²) in [5.41, 5.74) is 0.362. The van der Waals surface area contributed by atoms with Crippen LogP contribution in [0.25, 0.3) is 0 Å². The average Bonchev–Trinajstić information content (AvgIpc) is 2.26. The lowest BCUT2D eigenvalue weighted by Crippen LogP contribution is -2.07. The first-order chi connectivity index (χ1) is 6.77. The number of nitriles is 1. The second-order valence-corrected chi connectivity index (χ2v) is 4.46. The maximum absolute atomic E-state index is 11.6. The normalized spacial score (nSPS) is 12.1. The Kier molecular flexibility index (Phi) is 4.44. The van der Waals surface area contributed by atoms with Gasteiger partial charge in [-0.1, -0.05) is 13.3 Å². The first-order valence-electron chi connectivity index (χ1n) is 4.52. The molecule has 0 spiro atoms. The summed E-state index contributed by atoms with van der Waals surface area (Å²) in [5.74, 6) is 0.671. The zero-order chi connectivity index (χ0) is 10.4. The Morgan fingerprint density at radius 1 is 1.57 bits per heavy atom. The Bertz CT molecular complexity index is 318. The van der Waals surface area contributed by atoms with Crippen LogP contribution < -0.4 is 0 Å².